The molecule has 2 aliphatic carbocycles. The van der Waals surface area contributed by atoms with E-state index in [-0.39, 0.29) is 23.9 Å². The van der Waals surface area contributed by atoms with Gasteiger partial charge in [0, 0.05) is 68.7 Å². The van der Waals surface area contributed by atoms with Gasteiger partial charge in [0.15, 0.2) is 5.82 Å². The monoisotopic (exact) mass is 592 g/mol. The summed E-state index contributed by atoms with van der Waals surface area (Å²) in [6.45, 7) is 4.69. The SMILES string of the molecule is COc1cc(C(=O)N2C[C@H]3CC[C@@H]2[C@@H]3N)cc2nc(-c3cc4cccc(C5=CCN(C(C)=O)CC5)c4n3CC3CC3)n(C)c12. The first kappa shape index (κ1) is 27.4. The highest BCUT2D eigenvalue weighted by Crippen LogP contribution is 2.41. The summed E-state index contributed by atoms with van der Waals surface area (Å²) in [5, 5.41) is 1.18. The molecule has 2 aliphatic heterocycles. The largest absolute Gasteiger partial charge is 0.494 e. The minimum atomic E-state index is 0.0108. The molecule has 3 fully saturated rings. The van der Waals surface area contributed by atoms with Crippen molar-refractivity contribution in [3.8, 4) is 17.3 Å². The predicted octanol–water partition coefficient (Wildman–Crippen LogP) is 4.81. The van der Waals surface area contributed by atoms with Crippen LogP contribution in [0.15, 0.2) is 42.5 Å². The van der Waals surface area contributed by atoms with E-state index in [2.05, 4.69) is 39.5 Å². The zero-order valence-electron chi connectivity index (χ0n) is 25.8. The van der Waals surface area contributed by atoms with Crippen LogP contribution in [0.3, 0.4) is 0 Å². The molecule has 9 heteroatoms. The van der Waals surface area contributed by atoms with Gasteiger partial charge in [0.05, 0.1) is 23.8 Å². The number of aryl methyl sites for hydroxylation is 1. The molecule has 0 radical (unpaired) electrons. The molecule has 0 spiro atoms. The molecule has 3 atom stereocenters. The quantitative estimate of drug-likeness (QED) is 0.347. The van der Waals surface area contributed by atoms with Crippen LogP contribution in [0.25, 0.3) is 39.0 Å². The lowest BCUT2D eigenvalue weighted by Crippen LogP contribution is -2.41. The Hall–Kier alpha value is -4.11. The molecule has 2 bridgehead atoms. The van der Waals surface area contributed by atoms with Gasteiger partial charge in [0.1, 0.15) is 11.3 Å². The average molecular weight is 593 g/mol. The van der Waals surface area contributed by atoms with Crippen molar-refractivity contribution in [2.45, 2.75) is 57.7 Å². The van der Waals surface area contributed by atoms with E-state index in [9.17, 15) is 9.59 Å². The van der Waals surface area contributed by atoms with Crippen molar-refractivity contribution in [1.29, 1.82) is 0 Å². The van der Waals surface area contributed by atoms with Crippen LogP contribution in [0.4, 0.5) is 0 Å². The number of benzene rings is 2. The molecule has 0 unspecified atom stereocenters. The molecular weight excluding hydrogens is 552 g/mol. The fourth-order valence-corrected chi connectivity index (χ4v) is 7.98. The Morgan fingerprint density at radius 1 is 1.09 bits per heavy atom. The minimum Gasteiger partial charge on any atom is -0.494 e. The van der Waals surface area contributed by atoms with Crippen molar-refractivity contribution in [2.75, 3.05) is 26.7 Å². The number of methoxy groups -OCH3 is 1. The van der Waals surface area contributed by atoms with E-state index >= 15 is 0 Å². The molecule has 44 heavy (non-hydrogen) atoms. The van der Waals surface area contributed by atoms with Crippen molar-refractivity contribution in [3.63, 3.8) is 0 Å². The average Bonchev–Trinajstić information content (AvgIpc) is 3.42. The van der Waals surface area contributed by atoms with E-state index in [1.165, 1.54) is 34.9 Å². The Morgan fingerprint density at radius 3 is 2.59 bits per heavy atom. The summed E-state index contributed by atoms with van der Waals surface area (Å²) in [4.78, 5) is 34.8. The van der Waals surface area contributed by atoms with Gasteiger partial charge in [-0.05, 0) is 67.7 Å². The highest BCUT2D eigenvalue weighted by Gasteiger charge is 2.47. The van der Waals surface area contributed by atoms with Gasteiger partial charge >= 0.3 is 0 Å². The molecule has 4 heterocycles. The number of nitrogens with two attached hydrogens (primary N) is 1. The van der Waals surface area contributed by atoms with E-state index in [4.69, 9.17) is 15.5 Å². The molecule has 2 amide bonds. The number of hydrogen-bond donors (Lipinski definition) is 1. The number of ether oxygens (including phenoxy) is 1. The number of para-hydroxylation sites is 1. The molecule has 2 saturated carbocycles. The molecule has 1 saturated heterocycles. The van der Waals surface area contributed by atoms with Gasteiger partial charge in [0.2, 0.25) is 5.91 Å². The zero-order chi connectivity index (χ0) is 30.3. The third-order valence-corrected chi connectivity index (χ3v) is 10.6. The number of nitrogens with zero attached hydrogens (tertiary/aromatic N) is 5. The third kappa shape index (κ3) is 4.27. The van der Waals surface area contributed by atoms with Crippen molar-refractivity contribution < 1.29 is 14.3 Å². The summed E-state index contributed by atoms with van der Waals surface area (Å²) in [5.74, 6) is 2.68. The number of hydrogen-bond acceptors (Lipinski definition) is 5. The molecule has 228 valence electrons. The Bertz CT molecular complexity index is 1860. The number of amides is 2. The lowest BCUT2D eigenvalue weighted by molar-refractivity contribution is -0.128. The highest BCUT2D eigenvalue weighted by molar-refractivity contribution is 6.01. The number of imidazole rings is 1. The Morgan fingerprint density at radius 2 is 1.93 bits per heavy atom. The van der Waals surface area contributed by atoms with Crippen LogP contribution < -0.4 is 10.5 Å². The van der Waals surface area contributed by atoms with Crippen molar-refractivity contribution >= 4 is 39.3 Å². The zero-order valence-corrected chi connectivity index (χ0v) is 25.8. The van der Waals surface area contributed by atoms with Gasteiger partial charge in [-0.15, -0.1) is 0 Å². The maximum atomic E-state index is 13.8. The standard InChI is InChI=1S/C35H40N6O3/c1-20(42)39-13-11-22(12-14-39)26-6-4-5-23-16-29(40(32(23)26)18-21-7-8-21)34-37-27-15-25(17-30(44-3)33(27)38(34)2)35(43)41-19-24-9-10-28(41)31(24)36/h4-6,11,15-17,21,24,28,31H,7-10,12-14,18-19,36H2,1-3H3/t24-,28-,31-/m1/s1. The summed E-state index contributed by atoms with van der Waals surface area (Å²) in [5.41, 5.74) is 13.5. The van der Waals surface area contributed by atoms with Crippen LogP contribution in [-0.4, -0.2) is 74.6 Å². The van der Waals surface area contributed by atoms with E-state index in [0.717, 1.165) is 61.4 Å². The fraction of sp³-hybridized carbons (Fsp3) is 0.457. The first-order chi connectivity index (χ1) is 21.3. The highest BCUT2D eigenvalue weighted by atomic mass is 16.5. The molecule has 4 aromatic rings. The van der Waals surface area contributed by atoms with E-state index in [0.29, 0.717) is 29.7 Å². The van der Waals surface area contributed by atoms with Crippen LogP contribution in [0.1, 0.15) is 54.9 Å². The summed E-state index contributed by atoms with van der Waals surface area (Å²) < 4.78 is 10.5. The first-order valence-corrected chi connectivity index (χ1v) is 16.0. The number of aromatic nitrogens is 3. The second-order valence-electron chi connectivity index (χ2n) is 13.3. The van der Waals surface area contributed by atoms with Gasteiger partial charge in [0.25, 0.3) is 5.91 Å². The Labute approximate surface area is 257 Å². The number of fused-ring (bicyclic) bond motifs is 4. The van der Waals surface area contributed by atoms with Crippen LogP contribution in [0.2, 0.25) is 0 Å². The van der Waals surface area contributed by atoms with Gasteiger partial charge < -0.3 is 29.4 Å². The normalized spacial score (nSPS) is 23.2. The van der Waals surface area contributed by atoms with Crippen molar-refractivity contribution in [2.24, 2.45) is 24.6 Å². The molecule has 2 N–H and O–H groups in total. The van der Waals surface area contributed by atoms with E-state index < -0.39 is 0 Å². The van der Waals surface area contributed by atoms with Gasteiger partial charge in [-0.1, -0.05) is 24.3 Å². The molecular formula is C35H40N6O3. The number of carbonyl (C=O) groups is 2. The Kier molecular flexibility index (Phi) is 6.38. The van der Waals surface area contributed by atoms with Gasteiger partial charge in [-0.3, -0.25) is 9.59 Å². The summed E-state index contributed by atoms with van der Waals surface area (Å²) in [6, 6.07) is 12.8. The second kappa shape index (κ2) is 10.2. The molecule has 2 aromatic carbocycles. The van der Waals surface area contributed by atoms with Gasteiger partial charge in [-0.25, -0.2) is 4.98 Å². The second-order valence-corrected chi connectivity index (χ2v) is 13.3. The predicted molar refractivity (Wildman–Crippen MR) is 171 cm³/mol. The fourth-order valence-electron chi connectivity index (χ4n) is 7.98. The molecule has 4 aliphatic rings. The summed E-state index contributed by atoms with van der Waals surface area (Å²) >= 11 is 0. The third-order valence-electron chi connectivity index (χ3n) is 10.6. The van der Waals surface area contributed by atoms with E-state index in [1.807, 2.05) is 29.0 Å². The smallest absolute Gasteiger partial charge is 0.254 e. The first-order valence-electron chi connectivity index (χ1n) is 16.0. The molecule has 9 nitrogen and oxygen atoms in total. The van der Waals surface area contributed by atoms with Gasteiger partial charge in [-0.2, -0.15) is 0 Å². The number of likely N-dealkylation sites (tertiary alicyclic amines) is 1. The number of carbonyl (C=O) groups excluding carboxylic acids is 2. The number of piperidine rings is 1. The minimum absolute atomic E-state index is 0.0108. The summed E-state index contributed by atoms with van der Waals surface area (Å²) in [6.07, 6.45) is 7.61. The van der Waals surface area contributed by atoms with Crippen LogP contribution in [0, 0.1) is 11.8 Å². The van der Waals surface area contributed by atoms with E-state index in [1.54, 1.807) is 14.0 Å². The topological polar surface area (TPSA) is 98.6 Å². The maximum absolute atomic E-state index is 13.8. The van der Waals surface area contributed by atoms with Crippen LogP contribution in [0.5, 0.6) is 5.75 Å². The lowest BCUT2D eigenvalue weighted by Gasteiger charge is -2.27. The van der Waals surface area contributed by atoms with Crippen molar-refractivity contribution in [1.82, 2.24) is 23.9 Å². The number of rotatable bonds is 6. The molecule has 2 aromatic heterocycles. The molecule has 8 rings (SSSR count). The van der Waals surface area contributed by atoms with Crippen LogP contribution >= 0.6 is 0 Å². The maximum Gasteiger partial charge on any atom is 0.254 e. The van der Waals surface area contributed by atoms with Crippen LogP contribution in [-0.2, 0) is 18.4 Å². The van der Waals surface area contributed by atoms with Crippen molar-refractivity contribution in [3.05, 3.63) is 53.6 Å². The lowest BCUT2D eigenvalue weighted by atomic mass is 9.97. The Balaban J connectivity index is 1.24. The summed E-state index contributed by atoms with van der Waals surface area (Å²) in [7, 11) is 3.69.